The fourth-order valence-corrected chi connectivity index (χ4v) is 2.79. The monoisotopic (exact) mass is 275 g/mol. The van der Waals surface area contributed by atoms with Gasteiger partial charge in [-0.15, -0.1) is 11.3 Å². The van der Waals surface area contributed by atoms with E-state index < -0.39 is 0 Å². The van der Waals surface area contributed by atoms with E-state index in [-0.39, 0.29) is 0 Å². The molecule has 0 fully saturated rings. The lowest BCUT2D eigenvalue weighted by Gasteiger charge is -2.10. The van der Waals surface area contributed by atoms with Gasteiger partial charge in [-0.3, -0.25) is 0 Å². The molecule has 0 aliphatic rings. The average Bonchev–Trinajstić information content (AvgIpc) is 2.90. The standard InChI is InChI=1S/C15H21N3S/c1-4-8-16-9-7-13-11(2)17-15(18-12(13)3)14-6-5-10-19-14/h5-6,10,16H,4,7-9H2,1-3H3. The van der Waals surface area contributed by atoms with E-state index in [2.05, 4.69) is 47.5 Å². The normalized spacial score (nSPS) is 10.9. The second-order valence-electron chi connectivity index (χ2n) is 4.67. The lowest BCUT2D eigenvalue weighted by Crippen LogP contribution is -2.19. The summed E-state index contributed by atoms with van der Waals surface area (Å²) < 4.78 is 0. The van der Waals surface area contributed by atoms with Gasteiger partial charge in [0.2, 0.25) is 0 Å². The first kappa shape index (κ1) is 14.2. The zero-order valence-electron chi connectivity index (χ0n) is 11.9. The third-order valence-corrected chi connectivity index (χ3v) is 4.01. The van der Waals surface area contributed by atoms with Crippen LogP contribution in [0.3, 0.4) is 0 Å². The number of nitrogens with one attached hydrogen (secondary N) is 1. The van der Waals surface area contributed by atoms with Crippen molar-refractivity contribution in [1.29, 1.82) is 0 Å². The molecule has 0 radical (unpaired) electrons. The molecular weight excluding hydrogens is 254 g/mol. The Morgan fingerprint density at radius 2 is 1.89 bits per heavy atom. The lowest BCUT2D eigenvalue weighted by molar-refractivity contribution is 0.666. The minimum Gasteiger partial charge on any atom is -0.316 e. The number of rotatable bonds is 6. The number of nitrogens with zero attached hydrogens (tertiary/aromatic N) is 2. The largest absolute Gasteiger partial charge is 0.316 e. The van der Waals surface area contributed by atoms with Gasteiger partial charge in [-0.25, -0.2) is 9.97 Å². The molecule has 0 aliphatic heterocycles. The summed E-state index contributed by atoms with van der Waals surface area (Å²) in [5.74, 6) is 0.857. The smallest absolute Gasteiger partial charge is 0.169 e. The molecule has 0 saturated carbocycles. The van der Waals surface area contributed by atoms with Crippen molar-refractivity contribution in [2.24, 2.45) is 0 Å². The number of aromatic nitrogens is 2. The van der Waals surface area contributed by atoms with Crippen molar-refractivity contribution in [2.75, 3.05) is 13.1 Å². The Kier molecular flexibility index (Phi) is 5.05. The van der Waals surface area contributed by atoms with Crippen molar-refractivity contribution in [2.45, 2.75) is 33.6 Å². The van der Waals surface area contributed by atoms with Gasteiger partial charge >= 0.3 is 0 Å². The maximum atomic E-state index is 4.65. The molecule has 2 aromatic heterocycles. The summed E-state index contributed by atoms with van der Waals surface area (Å²) in [6.07, 6.45) is 2.17. The zero-order valence-corrected chi connectivity index (χ0v) is 12.7. The number of aryl methyl sites for hydroxylation is 2. The highest BCUT2D eigenvalue weighted by atomic mass is 32.1. The van der Waals surface area contributed by atoms with Gasteiger partial charge in [-0.2, -0.15) is 0 Å². The molecule has 0 saturated heterocycles. The van der Waals surface area contributed by atoms with Gasteiger partial charge < -0.3 is 5.32 Å². The molecule has 1 N–H and O–H groups in total. The molecule has 0 amide bonds. The molecule has 19 heavy (non-hydrogen) atoms. The van der Waals surface area contributed by atoms with Crippen LogP contribution in [0.1, 0.15) is 30.3 Å². The molecule has 0 unspecified atom stereocenters. The molecule has 0 spiro atoms. The second-order valence-corrected chi connectivity index (χ2v) is 5.62. The van der Waals surface area contributed by atoms with E-state index >= 15 is 0 Å². The van der Waals surface area contributed by atoms with Gasteiger partial charge in [0.15, 0.2) is 5.82 Å². The van der Waals surface area contributed by atoms with Crippen LogP contribution in [-0.4, -0.2) is 23.1 Å². The van der Waals surface area contributed by atoms with E-state index in [9.17, 15) is 0 Å². The fourth-order valence-electron chi connectivity index (χ4n) is 2.13. The van der Waals surface area contributed by atoms with Crippen LogP contribution in [0.25, 0.3) is 10.7 Å². The third kappa shape index (κ3) is 3.61. The summed E-state index contributed by atoms with van der Waals surface area (Å²) in [4.78, 5) is 10.4. The van der Waals surface area contributed by atoms with Crippen LogP contribution in [0.15, 0.2) is 17.5 Å². The molecule has 102 valence electrons. The van der Waals surface area contributed by atoms with Crippen molar-refractivity contribution in [1.82, 2.24) is 15.3 Å². The first-order valence-electron chi connectivity index (χ1n) is 6.81. The van der Waals surface area contributed by atoms with E-state index in [1.807, 2.05) is 6.07 Å². The predicted molar refractivity (Wildman–Crippen MR) is 81.7 cm³/mol. The molecule has 0 aliphatic carbocycles. The zero-order chi connectivity index (χ0) is 13.7. The third-order valence-electron chi connectivity index (χ3n) is 3.14. The molecule has 0 bridgehead atoms. The Morgan fingerprint density at radius 3 is 2.47 bits per heavy atom. The Bertz CT molecular complexity index is 497. The van der Waals surface area contributed by atoms with Gasteiger partial charge in [-0.05, 0) is 56.8 Å². The first-order chi connectivity index (χ1) is 9.22. The molecular formula is C15H21N3S. The van der Waals surface area contributed by atoms with Crippen LogP contribution < -0.4 is 5.32 Å². The van der Waals surface area contributed by atoms with E-state index in [0.29, 0.717) is 0 Å². The van der Waals surface area contributed by atoms with Gasteiger partial charge in [0.1, 0.15) is 0 Å². The SMILES string of the molecule is CCCNCCc1c(C)nc(-c2cccs2)nc1C. The Hall–Kier alpha value is -1.26. The van der Waals surface area contributed by atoms with Crippen LogP contribution >= 0.6 is 11.3 Å². The quantitative estimate of drug-likeness (QED) is 0.821. The van der Waals surface area contributed by atoms with E-state index in [1.54, 1.807) is 11.3 Å². The summed E-state index contributed by atoms with van der Waals surface area (Å²) in [5, 5.41) is 5.49. The van der Waals surface area contributed by atoms with E-state index in [4.69, 9.17) is 0 Å². The molecule has 4 heteroatoms. The van der Waals surface area contributed by atoms with E-state index in [0.717, 1.165) is 41.6 Å². The van der Waals surface area contributed by atoms with Gasteiger partial charge in [-0.1, -0.05) is 13.0 Å². The minimum atomic E-state index is 0.857. The van der Waals surface area contributed by atoms with Crippen LogP contribution in [0, 0.1) is 13.8 Å². The molecule has 2 aromatic rings. The van der Waals surface area contributed by atoms with Crippen molar-refractivity contribution < 1.29 is 0 Å². The van der Waals surface area contributed by atoms with Crippen LogP contribution in [0.4, 0.5) is 0 Å². The topological polar surface area (TPSA) is 37.8 Å². The fraction of sp³-hybridized carbons (Fsp3) is 0.467. The summed E-state index contributed by atoms with van der Waals surface area (Å²) in [5.41, 5.74) is 3.49. The molecule has 2 rings (SSSR count). The molecule has 3 nitrogen and oxygen atoms in total. The molecule has 2 heterocycles. The molecule has 0 aromatic carbocycles. The van der Waals surface area contributed by atoms with Crippen LogP contribution in [0.2, 0.25) is 0 Å². The van der Waals surface area contributed by atoms with Gasteiger partial charge in [0.05, 0.1) is 4.88 Å². The number of hydrogen-bond acceptors (Lipinski definition) is 4. The highest BCUT2D eigenvalue weighted by Crippen LogP contribution is 2.23. The van der Waals surface area contributed by atoms with Crippen molar-refractivity contribution in [3.63, 3.8) is 0 Å². The molecule has 0 atom stereocenters. The highest BCUT2D eigenvalue weighted by molar-refractivity contribution is 7.13. The second kappa shape index (κ2) is 6.78. The van der Waals surface area contributed by atoms with Gasteiger partial charge in [0.25, 0.3) is 0 Å². The van der Waals surface area contributed by atoms with Crippen molar-refractivity contribution >= 4 is 11.3 Å². The van der Waals surface area contributed by atoms with Crippen molar-refractivity contribution in [3.8, 4) is 10.7 Å². The number of thiophene rings is 1. The van der Waals surface area contributed by atoms with E-state index in [1.165, 1.54) is 12.0 Å². The first-order valence-corrected chi connectivity index (χ1v) is 7.69. The van der Waals surface area contributed by atoms with Crippen LogP contribution in [-0.2, 0) is 6.42 Å². The minimum absolute atomic E-state index is 0.857. The summed E-state index contributed by atoms with van der Waals surface area (Å²) in [6.45, 7) is 8.42. The Morgan fingerprint density at radius 1 is 1.16 bits per heavy atom. The summed E-state index contributed by atoms with van der Waals surface area (Å²) >= 11 is 1.69. The average molecular weight is 275 g/mol. The maximum absolute atomic E-state index is 4.65. The predicted octanol–water partition coefficient (Wildman–Crippen LogP) is 3.36. The lowest BCUT2D eigenvalue weighted by atomic mass is 10.1. The van der Waals surface area contributed by atoms with Gasteiger partial charge in [0, 0.05) is 11.4 Å². The summed E-state index contributed by atoms with van der Waals surface area (Å²) in [6, 6.07) is 4.11. The Labute approximate surface area is 119 Å². The maximum Gasteiger partial charge on any atom is 0.169 e. The Balaban J connectivity index is 2.13. The van der Waals surface area contributed by atoms with Crippen LogP contribution in [0.5, 0.6) is 0 Å². The highest BCUT2D eigenvalue weighted by Gasteiger charge is 2.10. The summed E-state index contributed by atoms with van der Waals surface area (Å²) in [7, 11) is 0. The van der Waals surface area contributed by atoms with Crippen molar-refractivity contribution in [3.05, 3.63) is 34.5 Å². The number of hydrogen-bond donors (Lipinski definition) is 1.